The lowest BCUT2D eigenvalue weighted by Gasteiger charge is -2.19. The van der Waals surface area contributed by atoms with Gasteiger partial charge in [-0.25, -0.2) is 0 Å². The minimum Gasteiger partial charge on any atom is -0.307 e. The Morgan fingerprint density at radius 3 is 3.07 bits per heavy atom. The Balaban J connectivity index is 1.70. The molecule has 0 saturated heterocycles. The van der Waals surface area contributed by atoms with Crippen molar-refractivity contribution in [2.75, 3.05) is 18.0 Å². The lowest BCUT2D eigenvalue weighted by molar-refractivity contribution is -0.530. The third kappa shape index (κ3) is 3.18. The molecule has 0 aromatic heterocycles. The average Bonchev–Trinajstić information content (AvgIpc) is 2.84. The standard InChI is InChI=1S/C20H18ClN5O/c21-14-6-5-13-10-25-16-3-1-4-17-19(16)18(15(13)9-14)20(27)26(17)8-2-7-23-12-24-11-22/h1,3-6,9,11-12H,2,7-8,10H2,(H2,22,23,24)/p+1. The van der Waals surface area contributed by atoms with Crippen LogP contribution in [0.1, 0.15) is 17.5 Å². The molecule has 0 unspecified atom stereocenters. The number of carbonyl (C=O) groups is 1. The van der Waals surface area contributed by atoms with Crippen molar-refractivity contribution in [1.29, 1.82) is 5.41 Å². The summed E-state index contributed by atoms with van der Waals surface area (Å²) < 4.78 is 0. The second-order valence-corrected chi connectivity index (χ2v) is 6.86. The smallest absolute Gasteiger partial charge is 0.259 e. The highest BCUT2D eigenvalue weighted by molar-refractivity contribution is 6.33. The molecule has 0 aliphatic carbocycles. The van der Waals surface area contributed by atoms with Gasteiger partial charge in [-0.05, 0) is 35.4 Å². The van der Waals surface area contributed by atoms with E-state index in [0.29, 0.717) is 23.7 Å². The van der Waals surface area contributed by atoms with Gasteiger partial charge in [0.25, 0.3) is 5.91 Å². The highest BCUT2D eigenvalue weighted by atomic mass is 35.5. The molecular weight excluding hydrogens is 362 g/mol. The highest BCUT2D eigenvalue weighted by Crippen LogP contribution is 2.30. The van der Waals surface area contributed by atoms with Gasteiger partial charge in [-0.2, -0.15) is 4.99 Å². The van der Waals surface area contributed by atoms with E-state index >= 15 is 0 Å². The van der Waals surface area contributed by atoms with Crippen LogP contribution in [0.2, 0.25) is 5.02 Å². The number of halogens is 1. The molecular formula is C20H19ClN5O+. The first-order valence-corrected chi connectivity index (χ1v) is 9.21. The van der Waals surface area contributed by atoms with Crippen molar-refractivity contribution in [1.82, 2.24) is 0 Å². The summed E-state index contributed by atoms with van der Waals surface area (Å²) in [7, 11) is 0. The van der Waals surface area contributed by atoms with Gasteiger partial charge in [0, 0.05) is 23.2 Å². The summed E-state index contributed by atoms with van der Waals surface area (Å²) >= 11 is 6.22. The molecule has 2 heterocycles. The number of rotatable bonds is 6. The molecule has 27 heavy (non-hydrogen) atoms. The zero-order valence-corrected chi connectivity index (χ0v) is 15.4. The molecule has 0 bridgehead atoms. The maximum Gasteiger partial charge on any atom is 0.259 e. The van der Waals surface area contributed by atoms with E-state index < -0.39 is 0 Å². The number of hydrogen-bond donors (Lipinski definition) is 2. The fourth-order valence-electron chi connectivity index (χ4n) is 3.60. The maximum atomic E-state index is 13.3. The van der Waals surface area contributed by atoms with Gasteiger partial charge in [0.15, 0.2) is 6.34 Å². The van der Waals surface area contributed by atoms with Crippen molar-refractivity contribution in [3.8, 4) is 0 Å². The SMILES string of the molecule is N=CN=C[NH2+]CCCN1C(=O)C2=c3c1cccc3=NCc1ccc(Cl)cc12. The molecule has 2 aliphatic heterocycles. The number of aliphatic imine (C=N–C) groups is 1. The molecule has 2 aromatic rings. The van der Waals surface area contributed by atoms with Crippen LogP contribution in [0.4, 0.5) is 5.69 Å². The molecule has 0 saturated carbocycles. The summed E-state index contributed by atoms with van der Waals surface area (Å²) in [6.07, 6.45) is 3.42. The van der Waals surface area contributed by atoms with Gasteiger partial charge in [0.05, 0.1) is 29.7 Å². The fourth-order valence-corrected chi connectivity index (χ4v) is 3.77. The van der Waals surface area contributed by atoms with Gasteiger partial charge in [0.1, 0.15) is 6.34 Å². The number of carbonyl (C=O) groups excluding carboxylic acids is 1. The average molecular weight is 381 g/mol. The molecule has 1 amide bonds. The Morgan fingerprint density at radius 2 is 2.22 bits per heavy atom. The van der Waals surface area contributed by atoms with Crippen LogP contribution >= 0.6 is 11.6 Å². The zero-order chi connectivity index (χ0) is 18.8. The summed E-state index contributed by atoms with van der Waals surface area (Å²) in [5.41, 5.74) is 3.52. The number of nitrogens with zero attached hydrogens (tertiary/aromatic N) is 3. The van der Waals surface area contributed by atoms with Gasteiger partial charge in [0.2, 0.25) is 0 Å². The molecule has 0 fully saturated rings. The van der Waals surface area contributed by atoms with Crippen molar-refractivity contribution in [3.05, 3.63) is 63.1 Å². The zero-order valence-electron chi connectivity index (χ0n) is 14.7. The summed E-state index contributed by atoms with van der Waals surface area (Å²) in [4.78, 5) is 23.6. The van der Waals surface area contributed by atoms with Gasteiger partial charge >= 0.3 is 0 Å². The Bertz CT molecular complexity index is 1080. The van der Waals surface area contributed by atoms with Gasteiger partial charge < -0.3 is 10.2 Å². The van der Waals surface area contributed by atoms with Crippen LogP contribution < -0.4 is 20.8 Å². The number of benzene rings is 2. The molecule has 0 spiro atoms. The Hall–Kier alpha value is -2.83. The van der Waals surface area contributed by atoms with E-state index in [-0.39, 0.29) is 5.91 Å². The number of fused-ring (bicyclic) bond motifs is 2. The van der Waals surface area contributed by atoms with Crippen molar-refractivity contribution in [2.24, 2.45) is 9.98 Å². The van der Waals surface area contributed by atoms with E-state index in [1.165, 1.54) is 0 Å². The van der Waals surface area contributed by atoms with Crippen LogP contribution in [0, 0.1) is 5.41 Å². The molecule has 136 valence electrons. The predicted octanol–water partition coefficient (Wildman–Crippen LogP) is 0.608. The van der Waals surface area contributed by atoms with Gasteiger partial charge in [-0.1, -0.05) is 23.7 Å². The molecule has 2 aromatic carbocycles. The number of quaternary nitrogens is 1. The van der Waals surface area contributed by atoms with E-state index in [2.05, 4.69) is 4.99 Å². The lowest BCUT2D eigenvalue weighted by Crippen LogP contribution is -2.83. The lowest BCUT2D eigenvalue weighted by atomic mass is 9.99. The molecule has 0 atom stereocenters. The fraction of sp³-hybridized carbons (Fsp3) is 0.200. The first-order valence-electron chi connectivity index (χ1n) is 8.83. The first-order chi connectivity index (χ1) is 13.2. The molecule has 3 N–H and O–H groups in total. The van der Waals surface area contributed by atoms with Crippen molar-refractivity contribution in [3.63, 3.8) is 0 Å². The predicted molar refractivity (Wildman–Crippen MR) is 106 cm³/mol. The van der Waals surface area contributed by atoms with E-state index in [0.717, 1.165) is 46.7 Å². The van der Waals surface area contributed by atoms with Gasteiger partial charge in [-0.15, -0.1) is 0 Å². The van der Waals surface area contributed by atoms with Crippen LogP contribution in [-0.2, 0) is 11.3 Å². The van der Waals surface area contributed by atoms with Crippen LogP contribution in [0.3, 0.4) is 0 Å². The molecule has 0 radical (unpaired) electrons. The summed E-state index contributed by atoms with van der Waals surface area (Å²) in [6, 6.07) is 11.6. The summed E-state index contributed by atoms with van der Waals surface area (Å²) in [5.74, 6) is 0.00576. The van der Waals surface area contributed by atoms with Crippen molar-refractivity contribution in [2.45, 2.75) is 13.0 Å². The second kappa shape index (κ2) is 7.42. The van der Waals surface area contributed by atoms with E-state index in [1.807, 2.05) is 46.6 Å². The third-order valence-corrected chi connectivity index (χ3v) is 5.03. The Labute approximate surface area is 161 Å². The monoisotopic (exact) mass is 380 g/mol. The van der Waals surface area contributed by atoms with Crippen LogP contribution in [0.15, 0.2) is 46.4 Å². The maximum absolute atomic E-state index is 13.3. The van der Waals surface area contributed by atoms with Crippen molar-refractivity contribution >= 4 is 41.4 Å². The van der Waals surface area contributed by atoms with Crippen LogP contribution in [0.25, 0.3) is 5.57 Å². The minimum atomic E-state index is 0.00576. The van der Waals surface area contributed by atoms with E-state index in [9.17, 15) is 4.79 Å². The van der Waals surface area contributed by atoms with Crippen LogP contribution in [0.5, 0.6) is 0 Å². The number of nitrogens with two attached hydrogens (primary N) is 1. The third-order valence-electron chi connectivity index (χ3n) is 4.80. The number of amides is 1. The topological polar surface area (TPSA) is 85.5 Å². The Morgan fingerprint density at radius 1 is 1.33 bits per heavy atom. The summed E-state index contributed by atoms with van der Waals surface area (Å²) in [6.45, 7) is 1.95. The highest BCUT2D eigenvalue weighted by Gasteiger charge is 2.32. The normalized spacial score (nSPS) is 14.8. The Kier molecular flexibility index (Phi) is 4.83. The van der Waals surface area contributed by atoms with E-state index in [4.69, 9.17) is 22.0 Å². The number of nitrogens with one attached hydrogen (secondary N) is 1. The van der Waals surface area contributed by atoms with E-state index in [1.54, 1.807) is 6.34 Å². The molecule has 6 nitrogen and oxygen atoms in total. The van der Waals surface area contributed by atoms with Gasteiger partial charge in [-0.3, -0.25) is 15.2 Å². The quantitative estimate of drug-likeness (QED) is 0.429. The van der Waals surface area contributed by atoms with Crippen LogP contribution in [-0.4, -0.2) is 31.7 Å². The largest absolute Gasteiger partial charge is 0.307 e. The summed E-state index contributed by atoms with van der Waals surface area (Å²) in [5, 5.41) is 11.2. The molecule has 2 aliphatic rings. The first kappa shape index (κ1) is 17.6. The number of hydrogen-bond acceptors (Lipinski definition) is 3. The molecule has 4 rings (SSSR count). The molecule has 7 heteroatoms. The number of anilines is 1. The van der Waals surface area contributed by atoms with Crippen molar-refractivity contribution < 1.29 is 10.1 Å². The minimum absolute atomic E-state index is 0.00576. The second-order valence-electron chi connectivity index (χ2n) is 6.43.